The van der Waals surface area contributed by atoms with Gasteiger partial charge in [-0.05, 0) is 22.4 Å². The maximum Gasteiger partial charge on any atom is 0.342 e. The maximum absolute atomic E-state index is 11.5. The number of carboxylic acid groups (broad SMARTS) is 1. The third-order valence-corrected chi connectivity index (χ3v) is 3.89. The molecule has 0 saturated heterocycles. The molecule has 0 aliphatic rings. The Kier molecular flexibility index (Phi) is 3.56. The summed E-state index contributed by atoms with van der Waals surface area (Å²) < 4.78 is 5.27. The summed E-state index contributed by atoms with van der Waals surface area (Å²) >= 11 is 2.89. The zero-order chi connectivity index (χ0) is 12.3. The molecule has 0 saturated carbocycles. The monoisotopic (exact) mass is 269 g/mol. The lowest BCUT2D eigenvalue weighted by molar-refractivity contribution is -0.164. The Morgan fingerprint density at radius 3 is 2.82 bits per heavy atom. The number of carbonyl (C=O) groups is 1. The molecule has 2 aromatic rings. The highest BCUT2D eigenvalue weighted by molar-refractivity contribution is 7.08. The van der Waals surface area contributed by atoms with Crippen LogP contribution >= 0.6 is 22.7 Å². The van der Waals surface area contributed by atoms with Crippen molar-refractivity contribution in [2.75, 3.05) is 7.11 Å². The number of rotatable bonds is 5. The molecule has 17 heavy (non-hydrogen) atoms. The van der Waals surface area contributed by atoms with Gasteiger partial charge >= 0.3 is 5.97 Å². The topological polar surface area (TPSA) is 59.4 Å². The van der Waals surface area contributed by atoms with E-state index in [0.717, 1.165) is 5.56 Å². The number of thiophene rings is 1. The van der Waals surface area contributed by atoms with Crippen LogP contribution in [0.5, 0.6) is 0 Å². The van der Waals surface area contributed by atoms with E-state index in [1.165, 1.54) is 29.8 Å². The van der Waals surface area contributed by atoms with Gasteiger partial charge in [0.05, 0.1) is 11.2 Å². The van der Waals surface area contributed by atoms with Gasteiger partial charge in [0.2, 0.25) is 5.60 Å². The third-order valence-electron chi connectivity index (χ3n) is 2.57. The summed E-state index contributed by atoms with van der Waals surface area (Å²) in [6.45, 7) is 0. The molecule has 0 amide bonds. The molecule has 1 unspecified atom stereocenters. The minimum atomic E-state index is -1.39. The van der Waals surface area contributed by atoms with Crippen LogP contribution in [0.2, 0.25) is 0 Å². The first-order valence-electron chi connectivity index (χ1n) is 4.87. The number of nitrogens with zero attached hydrogens (tertiary/aromatic N) is 1. The van der Waals surface area contributed by atoms with E-state index in [4.69, 9.17) is 4.74 Å². The van der Waals surface area contributed by atoms with Crippen LogP contribution in [0.4, 0.5) is 0 Å². The third kappa shape index (κ3) is 2.24. The summed E-state index contributed by atoms with van der Waals surface area (Å²) in [6.07, 6.45) is 0.284. The van der Waals surface area contributed by atoms with Gasteiger partial charge in [-0.2, -0.15) is 11.3 Å². The molecule has 2 heterocycles. The van der Waals surface area contributed by atoms with E-state index >= 15 is 0 Å². The average molecular weight is 269 g/mol. The van der Waals surface area contributed by atoms with Gasteiger partial charge in [-0.15, -0.1) is 11.3 Å². The summed E-state index contributed by atoms with van der Waals surface area (Å²) in [5.74, 6) is -1.02. The van der Waals surface area contributed by atoms with E-state index in [1.54, 1.807) is 10.9 Å². The quantitative estimate of drug-likeness (QED) is 0.905. The number of hydrogen-bond donors (Lipinski definition) is 1. The molecule has 0 aromatic carbocycles. The molecule has 0 fully saturated rings. The van der Waals surface area contributed by atoms with Gasteiger partial charge in [0, 0.05) is 18.9 Å². The van der Waals surface area contributed by atoms with Crippen molar-refractivity contribution < 1.29 is 14.6 Å². The Bertz CT molecular complexity index is 481. The number of methoxy groups -OCH3 is 1. The summed E-state index contributed by atoms with van der Waals surface area (Å²) in [5, 5.41) is 15.0. The predicted molar refractivity (Wildman–Crippen MR) is 66.5 cm³/mol. The molecule has 0 radical (unpaired) electrons. The van der Waals surface area contributed by atoms with E-state index in [9.17, 15) is 9.90 Å². The highest BCUT2D eigenvalue weighted by Crippen LogP contribution is 2.30. The fraction of sp³-hybridized carbons (Fsp3) is 0.273. The lowest BCUT2D eigenvalue weighted by Gasteiger charge is -2.25. The van der Waals surface area contributed by atoms with Gasteiger partial charge in [0.15, 0.2) is 0 Å². The minimum absolute atomic E-state index is 0.284. The van der Waals surface area contributed by atoms with Gasteiger partial charge < -0.3 is 9.84 Å². The van der Waals surface area contributed by atoms with Gasteiger partial charge in [-0.1, -0.05) is 0 Å². The molecule has 4 nitrogen and oxygen atoms in total. The molecule has 0 bridgehead atoms. The van der Waals surface area contributed by atoms with Crippen LogP contribution in [0.25, 0.3) is 0 Å². The van der Waals surface area contributed by atoms with Gasteiger partial charge in [0.1, 0.15) is 0 Å². The van der Waals surface area contributed by atoms with Crippen LogP contribution in [0.3, 0.4) is 0 Å². The van der Waals surface area contributed by atoms with Crippen molar-refractivity contribution in [2.45, 2.75) is 12.0 Å². The van der Waals surface area contributed by atoms with E-state index in [0.29, 0.717) is 5.69 Å². The molecule has 1 N–H and O–H groups in total. The standard InChI is InChI=1S/C11H11NO3S2/c1-15-11(10(13)14,9-6-17-7-12-9)4-8-2-3-16-5-8/h2-3,5-7H,4H2,1H3,(H,13,14). The highest BCUT2D eigenvalue weighted by Gasteiger charge is 2.42. The fourth-order valence-corrected chi connectivity index (χ4v) is 2.92. The van der Waals surface area contributed by atoms with E-state index in [1.807, 2.05) is 16.8 Å². The number of aromatic nitrogens is 1. The van der Waals surface area contributed by atoms with Crippen molar-refractivity contribution in [1.82, 2.24) is 4.98 Å². The largest absolute Gasteiger partial charge is 0.479 e. The van der Waals surface area contributed by atoms with Crippen molar-refractivity contribution in [3.05, 3.63) is 39.0 Å². The van der Waals surface area contributed by atoms with Crippen molar-refractivity contribution in [3.63, 3.8) is 0 Å². The van der Waals surface area contributed by atoms with E-state index < -0.39 is 11.6 Å². The molecule has 0 aliphatic carbocycles. The Balaban J connectivity index is 2.40. The van der Waals surface area contributed by atoms with Crippen LogP contribution in [0.15, 0.2) is 27.7 Å². The second kappa shape index (κ2) is 4.95. The number of aliphatic carboxylic acids is 1. The smallest absolute Gasteiger partial charge is 0.342 e. The molecule has 90 valence electrons. The van der Waals surface area contributed by atoms with Crippen LogP contribution in [0, 0.1) is 0 Å². The van der Waals surface area contributed by atoms with Crippen LogP contribution < -0.4 is 0 Å². The Morgan fingerprint density at radius 1 is 1.53 bits per heavy atom. The molecule has 6 heteroatoms. The second-order valence-corrected chi connectivity index (χ2v) is 5.02. The van der Waals surface area contributed by atoms with Crippen LogP contribution in [0.1, 0.15) is 11.3 Å². The average Bonchev–Trinajstić information content (AvgIpc) is 2.98. The SMILES string of the molecule is COC(Cc1ccsc1)(C(=O)O)c1cscn1. The van der Waals surface area contributed by atoms with Gasteiger partial charge in [-0.3, -0.25) is 0 Å². The number of thiazole rings is 1. The number of hydrogen-bond acceptors (Lipinski definition) is 5. The van der Waals surface area contributed by atoms with Crippen molar-refractivity contribution in [1.29, 1.82) is 0 Å². The summed E-state index contributed by atoms with van der Waals surface area (Å²) in [7, 11) is 1.40. The predicted octanol–water partition coefficient (Wildman–Crippen LogP) is 2.37. The molecule has 0 aliphatic heterocycles. The molecule has 2 rings (SSSR count). The van der Waals surface area contributed by atoms with Gasteiger partial charge in [-0.25, -0.2) is 9.78 Å². The first-order valence-corrected chi connectivity index (χ1v) is 6.76. The number of carboxylic acids is 1. The van der Waals surface area contributed by atoms with Gasteiger partial charge in [0.25, 0.3) is 0 Å². The maximum atomic E-state index is 11.5. The second-order valence-electron chi connectivity index (χ2n) is 3.52. The normalized spacial score (nSPS) is 14.4. The van der Waals surface area contributed by atoms with Crippen molar-refractivity contribution >= 4 is 28.6 Å². The molecular weight excluding hydrogens is 258 g/mol. The summed E-state index contributed by atoms with van der Waals surface area (Å²) in [6, 6.07) is 1.90. The van der Waals surface area contributed by atoms with Crippen molar-refractivity contribution in [3.8, 4) is 0 Å². The lowest BCUT2D eigenvalue weighted by atomic mass is 9.93. The van der Waals surface area contributed by atoms with E-state index in [2.05, 4.69) is 4.98 Å². The molecular formula is C11H11NO3S2. The molecule has 2 aromatic heterocycles. The van der Waals surface area contributed by atoms with E-state index in [-0.39, 0.29) is 6.42 Å². The summed E-state index contributed by atoms with van der Waals surface area (Å²) in [5.41, 5.74) is 1.61. The lowest BCUT2D eigenvalue weighted by Crippen LogP contribution is -2.40. The zero-order valence-electron chi connectivity index (χ0n) is 9.12. The Morgan fingerprint density at radius 2 is 2.35 bits per heavy atom. The highest BCUT2D eigenvalue weighted by atomic mass is 32.1. The van der Waals surface area contributed by atoms with Crippen molar-refractivity contribution in [2.24, 2.45) is 0 Å². The summed E-state index contributed by atoms with van der Waals surface area (Å²) in [4.78, 5) is 15.6. The molecule has 0 spiro atoms. The minimum Gasteiger partial charge on any atom is -0.479 e. The molecule has 1 atom stereocenters. The number of ether oxygens (including phenoxy) is 1. The van der Waals surface area contributed by atoms with Crippen LogP contribution in [-0.2, 0) is 21.6 Å². The first-order chi connectivity index (χ1) is 8.19. The zero-order valence-corrected chi connectivity index (χ0v) is 10.8. The Hall–Kier alpha value is -1.24. The first kappa shape index (κ1) is 12.2. The fourth-order valence-electron chi connectivity index (χ4n) is 1.63. The van der Waals surface area contributed by atoms with Crippen LogP contribution in [-0.4, -0.2) is 23.2 Å². The Labute approximate surface area is 107 Å².